The van der Waals surface area contributed by atoms with Crippen LogP contribution in [0.25, 0.3) is 10.9 Å². The Morgan fingerprint density at radius 2 is 1.83 bits per heavy atom. The minimum Gasteiger partial charge on any atom is -0.497 e. The summed E-state index contributed by atoms with van der Waals surface area (Å²) in [5, 5.41) is 10.3. The van der Waals surface area contributed by atoms with Gasteiger partial charge in [-0.3, -0.25) is 4.79 Å². The topological polar surface area (TPSA) is 55.0 Å². The van der Waals surface area contributed by atoms with Crippen LogP contribution in [0.3, 0.4) is 0 Å². The van der Waals surface area contributed by atoms with E-state index in [-0.39, 0.29) is 11.1 Å². The molecule has 23 heavy (non-hydrogen) atoms. The maximum atomic E-state index is 12.7. The van der Waals surface area contributed by atoms with Gasteiger partial charge in [-0.25, -0.2) is 0 Å². The number of pyridine rings is 1. The van der Waals surface area contributed by atoms with Gasteiger partial charge in [0.1, 0.15) is 17.4 Å². The molecule has 0 aliphatic heterocycles. The molecule has 114 valence electrons. The molecule has 4 nitrogen and oxygen atoms in total. The molecular weight excluding hydrogens is 288 g/mol. The zero-order valence-corrected chi connectivity index (χ0v) is 13.0. The lowest BCUT2D eigenvalue weighted by molar-refractivity contribution is 0.414. The smallest absolute Gasteiger partial charge is 0.269 e. The predicted octanol–water partition coefficient (Wildman–Crippen LogP) is 3.24. The second kappa shape index (κ2) is 5.98. The first-order valence-electron chi connectivity index (χ1n) is 7.31. The summed E-state index contributed by atoms with van der Waals surface area (Å²) in [7, 11) is 1.62. The van der Waals surface area contributed by atoms with E-state index in [0.717, 1.165) is 27.8 Å². The number of aromatic nitrogens is 1. The largest absolute Gasteiger partial charge is 0.497 e. The molecule has 0 unspecified atom stereocenters. The summed E-state index contributed by atoms with van der Waals surface area (Å²) in [4.78, 5) is 12.7. The van der Waals surface area contributed by atoms with Crippen molar-refractivity contribution >= 4 is 10.9 Å². The third-order valence-electron chi connectivity index (χ3n) is 4.04. The van der Waals surface area contributed by atoms with Crippen molar-refractivity contribution in [3.63, 3.8) is 0 Å². The van der Waals surface area contributed by atoms with Crippen molar-refractivity contribution in [3.8, 4) is 11.8 Å². The van der Waals surface area contributed by atoms with Crippen LogP contribution in [0.4, 0.5) is 0 Å². The van der Waals surface area contributed by atoms with Gasteiger partial charge in [0, 0.05) is 5.39 Å². The highest BCUT2D eigenvalue weighted by atomic mass is 16.5. The van der Waals surface area contributed by atoms with Gasteiger partial charge in [-0.2, -0.15) is 5.26 Å². The van der Waals surface area contributed by atoms with Crippen molar-refractivity contribution in [2.24, 2.45) is 0 Å². The van der Waals surface area contributed by atoms with E-state index in [2.05, 4.69) is 0 Å². The third-order valence-corrected chi connectivity index (χ3v) is 4.04. The molecule has 0 fully saturated rings. The Labute approximate surface area is 134 Å². The number of nitrogens with zero attached hydrogens (tertiary/aromatic N) is 2. The Balaban J connectivity index is 2.20. The highest BCUT2D eigenvalue weighted by molar-refractivity contribution is 5.84. The van der Waals surface area contributed by atoms with Crippen molar-refractivity contribution in [1.29, 1.82) is 5.26 Å². The predicted molar refractivity (Wildman–Crippen MR) is 89.8 cm³/mol. The van der Waals surface area contributed by atoms with Gasteiger partial charge in [0.25, 0.3) is 5.56 Å². The number of fused-ring (bicyclic) bond motifs is 1. The lowest BCUT2D eigenvalue weighted by Gasteiger charge is -2.13. The number of nitriles is 1. The lowest BCUT2D eigenvalue weighted by Crippen LogP contribution is -2.24. The molecule has 0 amide bonds. The number of methoxy groups -OCH3 is 1. The molecule has 0 saturated heterocycles. The van der Waals surface area contributed by atoms with E-state index >= 15 is 0 Å². The second-order valence-electron chi connectivity index (χ2n) is 5.37. The van der Waals surface area contributed by atoms with Crippen LogP contribution in [0, 0.1) is 18.3 Å². The number of rotatable bonds is 3. The maximum Gasteiger partial charge on any atom is 0.269 e. The van der Waals surface area contributed by atoms with Gasteiger partial charge in [0.05, 0.1) is 19.2 Å². The molecule has 0 N–H and O–H groups in total. The molecule has 3 aromatic rings. The lowest BCUT2D eigenvalue weighted by atomic mass is 10.0. The standard InChI is InChI=1S/C19H16N2O2/c1-13-16-5-3-4-6-18(16)21(19(22)17(13)11-20)12-14-7-9-15(23-2)10-8-14/h3-10H,12H2,1-2H3. The summed E-state index contributed by atoms with van der Waals surface area (Å²) in [6, 6.07) is 17.3. The zero-order chi connectivity index (χ0) is 16.4. The van der Waals surface area contributed by atoms with Gasteiger partial charge in [0.2, 0.25) is 0 Å². The number of hydrogen-bond acceptors (Lipinski definition) is 3. The van der Waals surface area contributed by atoms with Crippen LogP contribution in [0.15, 0.2) is 53.3 Å². The molecule has 0 saturated carbocycles. The second-order valence-corrected chi connectivity index (χ2v) is 5.37. The highest BCUT2D eigenvalue weighted by Gasteiger charge is 2.13. The van der Waals surface area contributed by atoms with E-state index in [0.29, 0.717) is 6.54 Å². The molecule has 0 spiro atoms. The van der Waals surface area contributed by atoms with Crippen molar-refractivity contribution in [3.05, 3.63) is 75.6 Å². The van der Waals surface area contributed by atoms with Gasteiger partial charge in [-0.05, 0) is 36.2 Å². The van der Waals surface area contributed by atoms with Gasteiger partial charge in [-0.1, -0.05) is 30.3 Å². The fourth-order valence-electron chi connectivity index (χ4n) is 2.77. The molecule has 0 aliphatic rings. The molecule has 0 bridgehead atoms. The molecule has 2 aromatic carbocycles. The van der Waals surface area contributed by atoms with Crippen LogP contribution in [-0.4, -0.2) is 11.7 Å². The van der Waals surface area contributed by atoms with Crippen LogP contribution < -0.4 is 10.3 Å². The molecule has 0 atom stereocenters. The number of aryl methyl sites for hydroxylation is 1. The molecule has 4 heteroatoms. The van der Waals surface area contributed by atoms with E-state index in [1.165, 1.54) is 0 Å². The van der Waals surface area contributed by atoms with Gasteiger partial charge < -0.3 is 9.30 Å². The van der Waals surface area contributed by atoms with E-state index < -0.39 is 0 Å². The summed E-state index contributed by atoms with van der Waals surface area (Å²) >= 11 is 0. The van der Waals surface area contributed by atoms with Gasteiger partial charge in [0.15, 0.2) is 0 Å². The molecule has 0 aliphatic carbocycles. The first kappa shape index (κ1) is 14.9. The minimum atomic E-state index is -0.250. The quantitative estimate of drug-likeness (QED) is 0.746. The maximum absolute atomic E-state index is 12.7. The van der Waals surface area contributed by atoms with E-state index in [1.54, 1.807) is 11.7 Å². The average molecular weight is 304 g/mol. The monoisotopic (exact) mass is 304 g/mol. The van der Waals surface area contributed by atoms with Crippen LogP contribution in [0.5, 0.6) is 5.75 Å². The van der Waals surface area contributed by atoms with Crippen LogP contribution >= 0.6 is 0 Å². The van der Waals surface area contributed by atoms with E-state index in [9.17, 15) is 10.1 Å². The normalized spacial score (nSPS) is 10.5. The highest BCUT2D eigenvalue weighted by Crippen LogP contribution is 2.20. The molecule has 0 radical (unpaired) electrons. The molecule has 3 rings (SSSR count). The first-order valence-corrected chi connectivity index (χ1v) is 7.31. The Morgan fingerprint density at radius 1 is 1.13 bits per heavy atom. The molecule has 1 aromatic heterocycles. The average Bonchev–Trinajstić information content (AvgIpc) is 2.59. The fraction of sp³-hybridized carbons (Fsp3) is 0.158. The summed E-state index contributed by atoms with van der Waals surface area (Å²) in [5.74, 6) is 0.771. The first-order chi connectivity index (χ1) is 11.2. The fourth-order valence-corrected chi connectivity index (χ4v) is 2.77. The van der Waals surface area contributed by atoms with Crippen molar-refractivity contribution in [2.75, 3.05) is 7.11 Å². The molecule has 1 heterocycles. The Morgan fingerprint density at radius 3 is 2.48 bits per heavy atom. The van der Waals surface area contributed by atoms with Crippen molar-refractivity contribution in [2.45, 2.75) is 13.5 Å². The number of hydrogen-bond donors (Lipinski definition) is 0. The summed E-state index contributed by atoms with van der Waals surface area (Å²) in [6.07, 6.45) is 0. The minimum absolute atomic E-state index is 0.206. The van der Waals surface area contributed by atoms with Crippen LogP contribution in [-0.2, 0) is 6.54 Å². The Kier molecular flexibility index (Phi) is 3.86. The summed E-state index contributed by atoms with van der Waals surface area (Å²) < 4.78 is 6.81. The van der Waals surface area contributed by atoms with E-state index in [4.69, 9.17) is 4.74 Å². The zero-order valence-electron chi connectivity index (χ0n) is 13.0. The van der Waals surface area contributed by atoms with Crippen LogP contribution in [0.1, 0.15) is 16.7 Å². The van der Waals surface area contributed by atoms with Crippen molar-refractivity contribution < 1.29 is 4.74 Å². The SMILES string of the molecule is COc1ccc(Cn2c(=O)c(C#N)c(C)c3ccccc32)cc1. The number of para-hydroxylation sites is 1. The summed E-state index contributed by atoms with van der Waals surface area (Å²) in [5.41, 5.74) is 2.51. The number of benzene rings is 2. The number of ether oxygens (including phenoxy) is 1. The summed E-state index contributed by atoms with van der Waals surface area (Å²) in [6.45, 7) is 2.23. The Bertz CT molecular complexity index is 964. The van der Waals surface area contributed by atoms with Crippen LogP contribution in [0.2, 0.25) is 0 Å². The van der Waals surface area contributed by atoms with Gasteiger partial charge >= 0.3 is 0 Å². The van der Waals surface area contributed by atoms with E-state index in [1.807, 2.05) is 61.5 Å². The third kappa shape index (κ3) is 2.58. The van der Waals surface area contributed by atoms with Gasteiger partial charge in [-0.15, -0.1) is 0 Å². The molecular formula is C19H16N2O2. The Hall–Kier alpha value is -3.06. The van der Waals surface area contributed by atoms with Crippen molar-refractivity contribution in [1.82, 2.24) is 4.57 Å².